The monoisotopic (exact) mass is 306 g/mol. The fourth-order valence-electron chi connectivity index (χ4n) is 2.50. The van der Waals surface area contributed by atoms with Gasteiger partial charge in [-0.05, 0) is 25.0 Å². The molecule has 2 heterocycles. The van der Waals surface area contributed by atoms with Crippen molar-refractivity contribution in [3.05, 3.63) is 70.8 Å². The summed E-state index contributed by atoms with van der Waals surface area (Å²) < 4.78 is 5.79. The first kappa shape index (κ1) is 14.2. The molecule has 5 heteroatoms. The molecule has 23 heavy (non-hydrogen) atoms. The average molecular weight is 306 g/mol. The number of rotatable bonds is 6. The minimum Gasteiger partial charge on any atom is -0.372 e. The maximum absolute atomic E-state index is 5.79. The van der Waals surface area contributed by atoms with Crippen LogP contribution in [0.2, 0.25) is 0 Å². The van der Waals surface area contributed by atoms with Crippen LogP contribution in [0, 0.1) is 0 Å². The zero-order chi connectivity index (χ0) is 15.9. The molecule has 0 aliphatic carbocycles. The molecule has 0 spiro atoms. The summed E-state index contributed by atoms with van der Waals surface area (Å²) in [7, 11) is 0. The van der Waals surface area contributed by atoms with Crippen molar-refractivity contribution < 1.29 is 4.74 Å². The van der Waals surface area contributed by atoms with E-state index in [1.54, 1.807) is 0 Å². The van der Waals surface area contributed by atoms with Gasteiger partial charge in [-0.3, -0.25) is 0 Å². The summed E-state index contributed by atoms with van der Waals surface area (Å²) in [6.07, 6.45) is 0. The fraction of sp³-hybridized carbons (Fsp3) is 0.333. The molecule has 0 saturated carbocycles. The zero-order valence-corrected chi connectivity index (χ0v) is 13.2. The van der Waals surface area contributed by atoms with E-state index in [2.05, 4.69) is 69.0 Å². The molecule has 116 valence electrons. The molecule has 0 fully saturated rings. The van der Waals surface area contributed by atoms with Crippen LogP contribution in [-0.4, -0.2) is 0 Å². The van der Waals surface area contributed by atoms with E-state index < -0.39 is 0 Å². The van der Waals surface area contributed by atoms with Gasteiger partial charge in [0, 0.05) is 11.1 Å². The van der Waals surface area contributed by atoms with Gasteiger partial charge in [-0.25, -0.2) is 0 Å². The van der Waals surface area contributed by atoms with Crippen molar-refractivity contribution in [2.45, 2.75) is 38.4 Å². The highest BCUT2D eigenvalue weighted by Crippen LogP contribution is 2.39. The molecule has 0 amide bonds. The number of hydrogen-bond donors (Lipinski definition) is 0. The molecule has 2 aliphatic rings. The lowest BCUT2D eigenvalue weighted by atomic mass is 10.0. The molecule has 0 atom stereocenters. The summed E-state index contributed by atoms with van der Waals surface area (Å²) in [6, 6.07) is 16.6. The Bertz CT molecular complexity index is 698. The molecule has 0 bridgehead atoms. The van der Waals surface area contributed by atoms with E-state index >= 15 is 0 Å². The van der Waals surface area contributed by atoms with Gasteiger partial charge in [0.15, 0.2) is 0 Å². The van der Waals surface area contributed by atoms with Crippen molar-refractivity contribution in [3.63, 3.8) is 0 Å². The van der Waals surface area contributed by atoms with Crippen molar-refractivity contribution in [3.8, 4) is 0 Å². The fourth-order valence-corrected chi connectivity index (χ4v) is 2.50. The highest BCUT2D eigenvalue weighted by molar-refractivity contribution is 5.30. The van der Waals surface area contributed by atoms with E-state index in [1.165, 1.54) is 0 Å². The maximum atomic E-state index is 5.79. The van der Waals surface area contributed by atoms with Gasteiger partial charge < -0.3 is 4.74 Å². The molecule has 0 N–H and O–H groups in total. The predicted molar refractivity (Wildman–Crippen MR) is 85.8 cm³/mol. The Hall–Kier alpha value is -2.40. The summed E-state index contributed by atoms with van der Waals surface area (Å²) in [6.45, 7) is 5.19. The van der Waals surface area contributed by atoms with Crippen LogP contribution in [0.3, 0.4) is 0 Å². The molecule has 2 aromatic rings. The molecule has 0 radical (unpaired) electrons. The maximum Gasteiger partial charge on any atom is 0.213 e. The third kappa shape index (κ3) is 2.92. The van der Waals surface area contributed by atoms with Crippen molar-refractivity contribution in [2.75, 3.05) is 0 Å². The molecular formula is C18H18N4O. The van der Waals surface area contributed by atoms with Gasteiger partial charge in [-0.2, -0.15) is 20.5 Å². The Morgan fingerprint density at radius 2 is 1.00 bits per heavy atom. The van der Waals surface area contributed by atoms with Crippen LogP contribution in [0.4, 0.5) is 0 Å². The van der Waals surface area contributed by atoms with Gasteiger partial charge in [0.05, 0.1) is 13.2 Å². The lowest BCUT2D eigenvalue weighted by Crippen LogP contribution is -2.02. The van der Waals surface area contributed by atoms with Crippen LogP contribution in [-0.2, 0) is 29.3 Å². The second-order valence-corrected chi connectivity index (χ2v) is 6.33. The van der Waals surface area contributed by atoms with E-state index in [-0.39, 0.29) is 11.3 Å². The molecule has 2 aromatic carbocycles. The van der Waals surface area contributed by atoms with Gasteiger partial charge in [-0.15, -0.1) is 0 Å². The molecule has 0 unspecified atom stereocenters. The van der Waals surface area contributed by atoms with Gasteiger partial charge in [0.25, 0.3) is 0 Å². The summed E-state index contributed by atoms with van der Waals surface area (Å²) in [5, 5.41) is 16.2. The normalized spacial score (nSPS) is 18.9. The molecule has 5 nitrogen and oxygen atoms in total. The van der Waals surface area contributed by atoms with Crippen LogP contribution in [0.1, 0.15) is 36.1 Å². The van der Waals surface area contributed by atoms with Crippen molar-refractivity contribution in [2.24, 2.45) is 20.5 Å². The summed E-state index contributed by atoms with van der Waals surface area (Å²) in [4.78, 5) is 0. The zero-order valence-electron chi connectivity index (χ0n) is 13.2. The second kappa shape index (κ2) is 5.06. The molecule has 0 aromatic heterocycles. The molecular weight excluding hydrogens is 288 g/mol. The van der Waals surface area contributed by atoms with Crippen molar-refractivity contribution >= 4 is 0 Å². The highest BCUT2D eigenvalue weighted by atomic mass is 16.5. The number of ether oxygens (including phenoxy) is 1. The second-order valence-electron chi connectivity index (χ2n) is 6.33. The van der Waals surface area contributed by atoms with E-state index in [4.69, 9.17) is 4.74 Å². The third-order valence-corrected chi connectivity index (χ3v) is 4.34. The van der Waals surface area contributed by atoms with E-state index in [0.29, 0.717) is 13.2 Å². The summed E-state index contributed by atoms with van der Waals surface area (Å²) in [5.41, 5.74) is 3.94. The first-order valence-electron chi connectivity index (χ1n) is 7.72. The van der Waals surface area contributed by atoms with E-state index in [0.717, 1.165) is 22.3 Å². The standard InChI is InChI=1S/C18H18N4O/c1-17(19-20-17)15-7-3-13(4-8-15)11-23-12-14-5-9-16(10-6-14)18(2)21-22-18/h3-10H,11-12H2,1-2H3. The number of hydrogen-bond acceptors (Lipinski definition) is 5. The van der Waals surface area contributed by atoms with E-state index in [9.17, 15) is 0 Å². The Morgan fingerprint density at radius 3 is 1.30 bits per heavy atom. The van der Waals surface area contributed by atoms with Crippen LogP contribution < -0.4 is 0 Å². The smallest absolute Gasteiger partial charge is 0.213 e. The highest BCUT2D eigenvalue weighted by Gasteiger charge is 2.36. The van der Waals surface area contributed by atoms with Crippen LogP contribution in [0.25, 0.3) is 0 Å². The quantitative estimate of drug-likeness (QED) is 0.764. The van der Waals surface area contributed by atoms with Gasteiger partial charge in [0.2, 0.25) is 11.3 Å². The van der Waals surface area contributed by atoms with Gasteiger partial charge in [0.1, 0.15) is 0 Å². The molecule has 2 aliphatic heterocycles. The Kier molecular flexibility index (Phi) is 3.13. The largest absolute Gasteiger partial charge is 0.372 e. The minimum absolute atomic E-state index is 0.308. The Morgan fingerprint density at radius 1 is 0.652 bits per heavy atom. The third-order valence-electron chi connectivity index (χ3n) is 4.34. The SMILES string of the molecule is CC1(c2ccc(COCc3ccc(C4(C)N=N4)cc3)cc2)N=N1. The van der Waals surface area contributed by atoms with Crippen molar-refractivity contribution in [1.82, 2.24) is 0 Å². The lowest BCUT2D eigenvalue weighted by Gasteiger charge is -2.08. The number of benzene rings is 2. The van der Waals surface area contributed by atoms with E-state index in [1.807, 2.05) is 13.8 Å². The van der Waals surface area contributed by atoms with Gasteiger partial charge >= 0.3 is 0 Å². The Labute approximate surface area is 135 Å². The summed E-state index contributed by atoms with van der Waals surface area (Å²) in [5.74, 6) is 0. The van der Waals surface area contributed by atoms with Crippen molar-refractivity contribution in [1.29, 1.82) is 0 Å². The first-order valence-corrected chi connectivity index (χ1v) is 7.72. The first-order chi connectivity index (χ1) is 11.1. The van der Waals surface area contributed by atoms with Crippen LogP contribution >= 0.6 is 0 Å². The minimum atomic E-state index is -0.308. The molecule has 0 saturated heterocycles. The predicted octanol–water partition coefficient (Wildman–Crippen LogP) is 4.68. The lowest BCUT2D eigenvalue weighted by molar-refractivity contribution is 0.107. The molecule has 4 rings (SSSR count). The Balaban J connectivity index is 1.29. The summed E-state index contributed by atoms with van der Waals surface area (Å²) >= 11 is 0. The average Bonchev–Trinajstić information content (AvgIpc) is 3.49. The van der Waals surface area contributed by atoms with Crippen LogP contribution in [0.5, 0.6) is 0 Å². The van der Waals surface area contributed by atoms with Crippen LogP contribution in [0.15, 0.2) is 69.0 Å². The topological polar surface area (TPSA) is 58.7 Å². The van der Waals surface area contributed by atoms with Gasteiger partial charge in [-0.1, -0.05) is 48.5 Å². The number of nitrogens with zero attached hydrogens (tertiary/aromatic N) is 4.